The molecule has 4 rings (SSSR count). The summed E-state index contributed by atoms with van der Waals surface area (Å²) in [6.45, 7) is 4.18. The van der Waals surface area contributed by atoms with Crippen molar-refractivity contribution >= 4 is 15.5 Å². The minimum atomic E-state index is -3.00. The molecule has 0 amide bonds. The standard InChI is InChI=1S/C19H25N5O2S/c1-3-4-5-8-16-20-19(24(22-16)15-10-12-27(25,26)13-15)18-14(2)23-11-7-6-9-17(23)21-18/h6-7,9,11,15H,3-5,8,10,12-13H2,1-2H3. The Hall–Kier alpha value is -2.22. The number of hydrogen-bond acceptors (Lipinski definition) is 5. The Morgan fingerprint density at radius 1 is 1.22 bits per heavy atom. The van der Waals surface area contributed by atoms with E-state index in [2.05, 4.69) is 6.92 Å². The molecule has 0 aromatic carbocycles. The second kappa shape index (κ2) is 7.07. The molecule has 0 bridgehead atoms. The molecule has 144 valence electrons. The average Bonchev–Trinajstić information content (AvgIpc) is 3.31. The summed E-state index contributed by atoms with van der Waals surface area (Å²) in [6, 6.07) is 5.72. The number of aromatic nitrogens is 5. The van der Waals surface area contributed by atoms with Crippen molar-refractivity contribution in [3.8, 4) is 11.5 Å². The van der Waals surface area contributed by atoms with E-state index < -0.39 is 9.84 Å². The average molecular weight is 388 g/mol. The molecule has 1 unspecified atom stereocenters. The van der Waals surface area contributed by atoms with E-state index in [-0.39, 0.29) is 17.5 Å². The molecule has 0 spiro atoms. The van der Waals surface area contributed by atoms with E-state index in [4.69, 9.17) is 15.1 Å². The zero-order valence-electron chi connectivity index (χ0n) is 15.8. The van der Waals surface area contributed by atoms with Crippen LogP contribution in [0.25, 0.3) is 17.2 Å². The van der Waals surface area contributed by atoms with Crippen LogP contribution in [0.4, 0.5) is 0 Å². The van der Waals surface area contributed by atoms with Gasteiger partial charge in [0.05, 0.1) is 23.2 Å². The topological polar surface area (TPSA) is 82.2 Å². The molecule has 0 radical (unpaired) electrons. The molecule has 3 aromatic heterocycles. The third-order valence-electron chi connectivity index (χ3n) is 5.21. The number of fused-ring (bicyclic) bond motifs is 1. The first-order valence-electron chi connectivity index (χ1n) is 9.58. The monoisotopic (exact) mass is 387 g/mol. The molecular weight excluding hydrogens is 362 g/mol. The van der Waals surface area contributed by atoms with Crippen LogP contribution in [0.5, 0.6) is 0 Å². The fourth-order valence-electron chi connectivity index (χ4n) is 3.72. The van der Waals surface area contributed by atoms with Crippen LogP contribution in [0.2, 0.25) is 0 Å². The molecule has 0 saturated carbocycles. The van der Waals surface area contributed by atoms with Crippen molar-refractivity contribution in [2.45, 2.75) is 52.0 Å². The zero-order chi connectivity index (χ0) is 19.0. The van der Waals surface area contributed by atoms with E-state index in [0.29, 0.717) is 12.2 Å². The van der Waals surface area contributed by atoms with Gasteiger partial charge in [-0.3, -0.25) is 0 Å². The number of nitrogens with zero attached hydrogens (tertiary/aromatic N) is 5. The van der Waals surface area contributed by atoms with Crippen LogP contribution in [0.1, 0.15) is 50.2 Å². The van der Waals surface area contributed by atoms with Crippen molar-refractivity contribution in [2.75, 3.05) is 11.5 Å². The fourth-order valence-corrected chi connectivity index (χ4v) is 5.41. The minimum Gasteiger partial charge on any atom is -0.304 e. The summed E-state index contributed by atoms with van der Waals surface area (Å²) >= 11 is 0. The van der Waals surface area contributed by atoms with Gasteiger partial charge in [0.2, 0.25) is 0 Å². The number of rotatable bonds is 6. The third-order valence-corrected chi connectivity index (χ3v) is 6.96. The first-order chi connectivity index (χ1) is 13.0. The van der Waals surface area contributed by atoms with Crippen molar-refractivity contribution < 1.29 is 8.42 Å². The van der Waals surface area contributed by atoms with E-state index in [0.717, 1.165) is 48.5 Å². The molecule has 8 heteroatoms. The van der Waals surface area contributed by atoms with E-state index in [1.165, 1.54) is 0 Å². The number of sulfone groups is 1. The molecule has 27 heavy (non-hydrogen) atoms. The first-order valence-corrected chi connectivity index (χ1v) is 11.4. The van der Waals surface area contributed by atoms with Crippen molar-refractivity contribution in [3.05, 3.63) is 35.9 Å². The SMILES string of the molecule is CCCCCc1nc(-c2nc3ccccn3c2C)n(C2CCS(=O)(=O)C2)n1. The molecule has 1 aliphatic heterocycles. The smallest absolute Gasteiger partial charge is 0.179 e. The summed E-state index contributed by atoms with van der Waals surface area (Å²) in [5, 5.41) is 4.71. The molecule has 4 heterocycles. The Kier molecular flexibility index (Phi) is 4.75. The molecule has 1 fully saturated rings. The highest BCUT2D eigenvalue weighted by Crippen LogP contribution is 2.30. The van der Waals surface area contributed by atoms with Crippen LogP contribution >= 0.6 is 0 Å². The summed E-state index contributed by atoms with van der Waals surface area (Å²) in [7, 11) is -3.00. The largest absolute Gasteiger partial charge is 0.304 e. The van der Waals surface area contributed by atoms with Crippen molar-refractivity contribution in [3.63, 3.8) is 0 Å². The van der Waals surface area contributed by atoms with Gasteiger partial charge in [-0.2, -0.15) is 5.10 Å². The molecule has 7 nitrogen and oxygen atoms in total. The van der Waals surface area contributed by atoms with Crippen molar-refractivity contribution in [2.24, 2.45) is 0 Å². The van der Waals surface area contributed by atoms with Gasteiger partial charge in [0.25, 0.3) is 0 Å². The third kappa shape index (κ3) is 3.50. The van der Waals surface area contributed by atoms with Crippen LogP contribution in [0, 0.1) is 6.92 Å². The number of pyridine rings is 1. The van der Waals surface area contributed by atoms with Crippen LogP contribution in [-0.4, -0.2) is 44.1 Å². The Bertz CT molecular complexity index is 1070. The minimum absolute atomic E-state index is 0.129. The van der Waals surface area contributed by atoms with Crippen LogP contribution in [0.15, 0.2) is 24.4 Å². The summed E-state index contributed by atoms with van der Waals surface area (Å²) in [5.41, 5.74) is 2.62. The Balaban J connectivity index is 1.78. The Morgan fingerprint density at radius 2 is 2.07 bits per heavy atom. The van der Waals surface area contributed by atoms with Gasteiger partial charge in [-0.15, -0.1) is 0 Å². The number of imidazole rings is 1. The van der Waals surface area contributed by atoms with Gasteiger partial charge < -0.3 is 4.40 Å². The Morgan fingerprint density at radius 3 is 2.78 bits per heavy atom. The quantitative estimate of drug-likeness (QED) is 0.607. The summed E-state index contributed by atoms with van der Waals surface area (Å²) in [6.07, 6.45) is 6.67. The molecule has 3 aromatic rings. The van der Waals surface area contributed by atoms with Crippen LogP contribution in [0.3, 0.4) is 0 Å². The lowest BCUT2D eigenvalue weighted by molar-refractivity contribution is 0.497. The highest BCUT2D eigenvalue weighted by molar-refractivity contribution is 7.91. The summed E-state index contributed by atoms with van der Waals surface area (Å²) in [4.78, 5) is 9.53. The van der Waals surface area contributed by atoms with Gasteiger partial charge in [-0.05, 0) is 31.9 Å². The lowest BCUT2D eigenvalue weighted by atomic mass is 10.2. The van der Waals surface area contributed by atoms with E-state index in [1.807, 2.05) is 40.4 Å². The van der Waals surface area contributed by atoms with E-state index in [1.54, 1.807) is 0 Å². The molecular formula is C19H25N5O2S. The molecule has 1 aliphatic rings. The lowest BCUT2D eigenvalue weighted by Gasteiger charge is -2.10. The maximum atomic E-state index is 12.0. The second-order valence-corrected chi connectivity index (χ2v) is 9.51. The predicted molar refractivity (Wildman–Crippen MR) is 104 cm³/mol. The van der Waals surface area contributed by atoms with Crippen LogP contribution in [-0.2, 0) is 16.3 Å². The predicted octanol–water partition coefficient (Wildman–Crippen LogP) is 2.99. The van der Waals surface area contributed by atoms with Gasteiger partial charge in [0.15, 0.2) is 21.5 Å². The van der Waals surface area contributed by atoms with E-state index in [9.17, 15) is 8.42 Å². The van der Waals surface area contributed by atoms with Crippen molar-refractivity contribution in [1.29, 1.82) is 0 Å². The summed E-state index contributed by atoms with van der Waals surface area (Å²) < 4.78 is 27.9. The van der Waals surface area contributed by atoms with Gasteiger partial charge in [0.1, 0.15) is 11.3 Å². The second-order valence-electron chi connectivity index (χ2n) is 7.28. The first kappa shape index (κ1) is 18.2. The van der Waals surface area contributed by atoms with Gasteiger partial charge in [-0.1, -0.05) is 25.8 Å². The van der Waals surface area contributed by atoms with Gasteiger partial charge >= 0.3 is 0 Å². The van der Waals surface area contributed by atoms with Gasteiger partial charge in [-0.25, -0.2) is 23.1 Å². The fraction of sp³-hybridized carbons (Fsp3) is 0.526. The maximum absolute atomic E-state index is 12.0. The number of aryl methyl sites for hydroxylation is 2. The normalized spacial score (nSPS) is 19.1. The highest BCUT2D eigenvalue weighted by Gasteiger charge is 2.33. The number of unbranched alkanes of at least 4 members (excludes halogenated alkanes) is 2. The summed E-state index contributed by atoms with van der Waals surface area (Å²) in [5.74, 6) is 1.81. The van der Waals surface area contributed by atoms with Gasteiger partial charge in [0, 0.05) is 12.6 Å². The van der Waals surface area contributed by atoms with Crippen molar-refractivity contribution in [1.82, 2.24) is 24.1 Å². The molecule has 1 atom stereocenters. The highest BCUT2D eigenvalue weighted by atomic mass is 32.2. The Labute approximate surface area is 159 Å². The molecule has 1 saturated heterocycles. The van der Waals surface area contributed by atoms with Crippen LogP contribution < -0.4 is 0 Å². The number of hydrogen-bond donors (Lipinski definition) is 0. The molecule has 0 aliphatic carbocycles. The lowest BCUT2D eigenvalue weighted by Crippen LogP contribution is -2.14. The van der Waals surface area contributed by atoms with E-state index >= 15 is 0 Å². The zero-order valence-corrected chi connectivity index (χ0v) is 16.6. The molecule has 0 N–H and O–H groups in total. The maximum Gasteiger partial charge on any atom is 0.179 e.